The van der Waals surface area contributed by atoms with Crippen LogP contribution in [-0.2, 0) is 15.8 Å². The minimum absolute atomic E-state index is 0.0601. The Morgan fingerprint density at radius 2 is 1.72 bits per heavy atom. The summed E-state index contributed by atoms with van der Waals surface area (Å²) in [7, 11) is -1.97. The van der Waals surface area contributed by atoms with E-state index in [9.17, 15) is 18.5 Å². The van der Waals surface area contributed by atoms with E-state index < -0.39 is 14.9 Å². The molecule has 0 radical (unpaired) electrons. The van der Waals surface area contributed by atoms with Crippen LogP contribution in [0.5, 0.6) is 5.75 Å². The normalized spacial score (nSPS) is 15.9. The lowest BCUT2D eigenvalue weighted by Gasteiger charge is -2.28. The van der Waals surface area contributed by atoms with Gasteiger partial charge in [0.2, 0.25) is 10.0 Å². The van der Waals surface area contributed by atoms with Crippen LogP contribution in [0.1, 0.15) is 30.0 Å². The number of ether oxygens (including phenoxy) is 1. The van der Waals surface area contributed by atoms with Crippen LogP contribution >= 0.6 is 0 Å². The Hall–Kier alpha value is -2.49. The van der Waals surface area contributed by atoms with Gasteiger partial charge < -0.3 is 4.74 Å². The van der Waals surface area contributed by atoms with Gasteiger partial charge in [0.1, 0.15) is 5.75 Å². The molecule has 1 aliphatic rings. The van der Waals surface area contributed by atoms with Gasteiger partial charge in [-0.1, -0.05) is 24.3 Å². The number of benzene rings is 2. The highest BCUT2D eigenvalue weighted by Crippen LogP contribution is 2.26. The van der Waals surface area contributed by atoms with E-state index in [2.05, 4.69) is 9.62 Å². The molecule has 0 amide bonds. The first-order chi connectivity index (χ1) is 13.9. The van der Waals surface area contributed by atoms with Crippen molar-refractivity contribution in [1.82, 2.24) is 9.62 Å². The van der Waals surface area contributed by atoms with Crippen molar-refractivity contribution in [2.24, 2.45) is 0 Å². The minimum Gasteiger partial charge on any atom is -0.497 e. The van der Waals surface area contributed by atoms with E-state index in [0.717, 1.165) is 37.2 Å². The van der Waals surface area contributed by atoms with Crippen molar-refractivity contribution >= 4 is 15.7 Å². The number of rotatable bonds is 9. The largest absolute Gasteiger partial charge is 0.497 e. The predicted molar refractivity (Wildman–Crippen MR) is 110 cm³/mol. The zero-order valence-corrected chi connectivity index (χ0v) is 17.1. The van der Waals surface area contributed by atoms with E-state index in [1.54, 1.807) is 7.11 Å². The fraction of sp³-hybridized carbons (Fsp3) is 0.400. The Morgan fingerprint density at radius 1 is 1.10 bits per heavy atom. The summed E-state index contributed by atoms with van der Waals surface area (Å²) in [4.78, 5) is 12.5. The second-order valence-electron chi connectivity index (χ2n) is 7.06. The summed E-state index contributed by atoms with van der Waals surface area (Å²) in [6.07, 6.45) is 2.20. The van der Waals surface area contributed by atoms with E-state index in [0.29, 0.717) is 5.56 Å². The molecule has 1 unspecified atom stereocenters. The third-order valence-electron chi connectivity index (χ3n) is 5.08. The first kappa shape index (κ1) is 21.2. The Morgan fingerprint density at radius 3 is 2.28 bits per heavy atom. The van der Waals surface area contributed by atoms with Crippen LogP contribution in [0.15, 0.2) is 48.5 Å². The van der Waals surface area contributed by atoms with E-state index >= 15 is 0 Å². The Labute approximate surface area is 170 Å². The number of methoxy groups -OCH3 is 1. The first-order valence-corrected chi connectivity index (χ1v) is 11.1. The average molecular weight is 420 g/mol. The highest BCUT2D eigenvalue weighted by atomic mass is 32.2. The second kappa shape index (κ2) is 9.34. The molecule has 1 fully saturated rings. The summed E-state index contributed by atoms with van der Waals surface area (Å²) in [5, 5.41) is 10.7. The van der Waals surface area contributed by atoms with Gasteiger partial charge in [0.05, 0.1) is 17.8 Å². The molecule has 29 heavy (non-hydrogen) atoms. The van der Waals surface area contributed by atoms with Crippen molar-refractivity contribution in [1.29, 1.82) is 0 Å². The summed E-state index contributed by atoms with van der Waals surface area (Å²) in [5.41, 5.74) is 1.48. The monoisotopic (exact) mass is 419 g/mol. The van der Waals surface area contributed by atoms with Gasteiger partial charge in [-0.3, -0.25) is 15.0 Å². The number of nitro groups is 1. The van der Waals surface area contributed by atoms with Gasteiger partial charge in [-0.05, 0) is 49.2 Å². The molecule has 8 nitrogen and oxygen atoms in total. The van der Waals surface area contributed by atoms with Crippen molar-refractivity contribution in [2.75, 3.05) is 26.7 Å². The fourth-order valence-corrected chi connectivity index (χ4v) is 4.67. The number of sulfonamides is 1. The number of nitro benzene ring substituents is 1. The maximum atomic E-state index is 12.6. The SMILES string of the molecule is COc1ccc(C(CNS(=O)(=O)Cc2ccc([N+](=O)[O-])cc2)N2CCCC2)cc1. The quantitative estimate of drug-likeness (QED) is 0.495. The van der Waals surface area contributed by atoms with E-state index in [-0.39, 0.29) is 24.0 Å². The lowest BCUT2D eigenvalue weighted by Crippen LogP contribution is -2.37. The molecule has 0 aliphatic carbocycles. The highest BCUT2D eigenvalue weighted by Gasteiger charge is 2.25. The number of nitrogens with zero attached hydrogens (tertiary/aromatic N) is 2. The van der Waals surface area contributed by atoms with Gasteiger partial charge >= 0.3 is 0 Å². The molecular formula is C20H25N3O5S. The van der Waals surface area contributed by atoms with E-state index in [1.807, 2.05) is 24.3 Å². The van der Waals surface area contributed by atoms with Crippen molar-refractivity contribution < 1.29 is 18.1 Å². The predicted octanol–water partition coefficient (Wildman–Crippen LogP) is 2.86. The average Bonchev–Trinajstić information content (AvgIpc) is 3.23. The number of nitrogens with one attached hydrogen (secondary N) is 1. The molecule has 1 aliphatic heterocycles. The smallest absolute Gasteiger partial charge is 0.269 e. The molecule has 3 rings (SSSR count). The van der Waals surface area contributed by atoms with Gasteiger partial charge in [0.15, 0.2) is 0 Å². The number of likely N-dealkylation sites (tertiary alicyclic amines) is 1. The molecule has 0 bridgehead atoms. The minimum atomic E-state index is -3.58. The van der Waals surface area contributed by atoms with Crippen molar-refractivity contribution in [3.05, 3.63) is 69.8 Å². The molecule has 0 saturated carbocycles. The maximum absolute atomic E-state index is 12.6. The van der Waals surface area contributed by atoms with Gasteiger partial charge in [-0.15, -0.1) is 0 Å². The van der Waals surface area contributed by atoms with Crippen LogP contribution in [0.2, 0.25) is 0 Å². The third kappa shape index (κ3) is 5.75. The van der Waals surface area contributed by atoms with Gasteiger partial charge in [0.25, 0.3) is 5.69 Å². The fourth-order valence-electron chi connectivity index (χ4n) is 3.53. The number of non-ortho nitro benzene ring substituents is 1. The van der Waals surface area contributed by atoms with Gasteiger partial charge in [-0.2, -0.15) is 0 Å². The Kier molecular flexibility index (Phi) is 6.83. The zero-order chi connectivity index (χ0) is 20.9. The molecule has 1 saturated heterocycles. The number of hydrogen-bond acceptors (Lipinski definition) is 6. The molecule has 2 aromatic carbocycles. The molecule has 2 aromatic rings. The van der Waals surface area contributed by atoms with Crippen LogP contribution in [-0.4, -0.2) is 45.0 Å². The van der Waals surface area contributed by atoms with Crippen LogP contribution in [0.25, 0.3) is 0 Å². The van der Waals surface area contributed by atoms with Gasteiger partial charge in [0, 0.05) is 24.7 Å². The topological polar surface area (TPSA) is 102 Å². The summed E-state index contributed by atoms with van der Waals surface area (Å²) in [6, 6.07) is 13.2. The van der Waals surface area contributed by atoms with E-state index in [1.165, 1.54) is 24.3 Å². The van der Waals surface area contributed by atoms with Crippen molar-refractivity contribution in [3.8, 4) is 5.75 Å². The summed E-state index contributed by atoms with van der Waals surface area (Å²) >= 11 is 0. The van der Waals surface area contributed by atoms with Crippen molar-refractivity contribution in [3.63, 3.8) is 0 Å². The molecule has 0 aromatic heterocycles. The molecular weight excluding hydrogens is 394 g/mol. The van der Waals surface area contributed by atoms with Crippen LogP contribution in [0, 0.1) is 10.1 Å². The van der Waals surface area contributed by atoms with Crippen molar-refractivity contribution in [2.45, 2.75) is 24.6 Å². The lowest BCUT2D eigenvalue weighted by atomic mass is 10.1. The third-order valence-corrected chi connectivity index (χ3v) is 6.40. The molecule has 1 atom stereocenters. The Balaban J connectivity index is 1.69. The molecule has 0 spiro atoms. The summed E-state index contributed by atoms with van der Waals surface area (Å²) in [5.74, 6) is 0.535. The Bertz CT molecular complexity index is 924. The molecule has 1 N–H and O–H groups in total. The van der Waals surface area contributed by atoms with E-state index in [4.69, 9.17) is 4.74 Å². The van der Waals surface area contributed by atoms with Crippen LogP contribution < -0.4 is 9.46 Å². The standard InChI is InChI=1S/C20H25N3O5S/c1-28-19-10-6-17(7-11-19)20(22-12-2-3-13-22)14-21-29(26,27)15-16-4-8-18(9-5-16)23(24)25/h4-11,20-21H,2-3,12-15H2,1H3. The summed E-state index contributed by atoms with van der Waals surface area (Å²) < 4.78 is 33.1. The summed E-state index contributed by atoms with van der Waals surface area (Å²) in [6.45, 7) is 2.13. The van der Waals surface area contributed by atoms with Crippen LogP contribution in [0.3, 0.4) is 0 Å². The number of hydrogen-bond donors (Lipinski definition) is 1. The molecule has 156 valence electrons. The lowest BCUT2D eigenvalue weighted by molar-refractivity contribution is -0.384. The molecule has 9 heteroatoms. The highest BCUT2D eigenvalue weighted by molar-refractivity contribution is 7.88. The molecule has 1 heterocycles. The zero-order valence-electron chi connectivity index (χ0n) is 16.3. The van der Waals surface area contributed by atoms with Crippen LogP contribution in [0.4, 0.5) is 5.69 Å². The maximum Gasteiger partial charge on any atom is 0.269 e. The first-order valence-electron chi connectivity index (χ1n) is 9.46. The second-order valence-corrected chi connectivity index (χ2v) is 8.87. The van der Waals surface area contributed by atoms with Gasteiger partial charge in [-0.25, -0.2) is 13.1 Å².